The molecule has 6 nitrogen and oxygen atoms in total. The van der Waals surface area contributed by atoms with E-state index >= 15 is 0 Å². The summed E-state index contributed by atoms with van der Waals surface area (Å²) in [6.45, 7) is 20.6. The molecule has 273 valence electrons. The fourth-order valence-corrected chi connectivity index (χ4v) is 7.85. The first kappa shape index (κ1) is 36.4. The van der Waals surface area contributed by atoms with Crippen LogP contribution in [-0.4, -0.2) is 27.2 Å². The van der Waals surface area contributed by atoms with Gasteiger partial charge >= 0.3 is 0 Å². The minimum atomic E-state index is -0.212. The van der Waals surface area contributed by atoms with Gasteiger partial charge in [0.15, 0.2) is 29.4 Å². The average molecular weight is 730 g/mol. The molecule has 0 aliphatic heterocycles. The smallest absolute Gasteiger partial charge is 0.182 e. The first-order valence-corrected chi connectivity index (χ1v) is 18.9. The SMILES string of the molecule is C=C/C=C\C(=C)c1nc(/C(C)=C/C(=C\C)c2cccc3c2oc2c(-c4ccc5c(c4)C(C)(C)c4ccc6ncoc6c4-5)cccc23)nc(C(/C=C\C)=C/[B]C)n1. The van der Waals surface area contributed by atoms with Crippen molar-refractivity contribution < 1.29 is 8.83 Å². The molecule has 0 spiro atoms. The van der Waals surface area contributed by atoms with E-state index < -0.39 is 0 Å². The number of furan rings is 1. The number of fused-ring (bicyclic) bond motifs is 8. The molecule has 3 aromatic heterocycles. The zero-order valence-corrected chi connectivity index (χ0v) is 32.6. The van der Waals surface area contributed by atoms with Crippen LogP contribution in [-0.2, 0) is 5.41 Å². The summed E-state index contributed by atoms with van der Waals surface area (Å²) < 4.78 is 12.8. The molecule has 1 aliphatic carbocycles. The Kier molecular flexibility index (Phi) is 9.47. The zero-order chi connectivity index (χ0) is 39.1. The minimum absolute atomic E-state index is 0.212. The predicted octanol–water partition coefficient (Wildman–Crippen LogP) is 12.8. The number of aromatic nitrogens is 4. The van der Waals surface area contributed by atoms with Crippen molar-refractivity contribution in [2.45, 2.75) is 46.9 Å². The monoisotopic (exact) mass is 729 g/mol. The van der Waals surface area contributed by atoms with Gasteiger partial charge in [0, 0.05) is 44.0 Å². The standard InChI is InChI=1S/C49H42BN4O2/c1-9-12-16-29(4)46-52-47(54-48(53-46)33(15-10-2)27-50-8)30(5)25-31(11-3)34-17-13-19-36-37-20-14-18-35(44(37)56-43(34)36)32-21-22-38-40(26-32)49(6,7)39-23-24-41-45(42(38)39)55-28-51-41/h9-28H,1,4H2,2-3,5-8H3/b15-10-,16-12-,30-25+,31-11+,33-27+. The molecule has 3 heterocycles. The third-order valence-electron chi connectivity index (χ3n) is 10.6. The highest BCUT2D eigenvalue weighted by Crippen LogP contribution is 2.52. The number of hydrogen-bond donors (Lipinski definition) is 0. The van der Waals surface area contributed by atoms with Gasteiger partial charge in [-0.2, -0.15) is 0 Å². The topological polar surface area (TPSA) is 77.8 Å². The van der Waals surface area contributed by atoms with E-state index in [9.17, 15) is 0 Å². The second-order valence-electron chi connectivity index (χ2n) is 14.5. The van der Waals surface area contributed by atoms with Crippen LogP contribution in [0.15, 0.2) is 144 Å². The lowest BCUT2D eigenvalue weighted by Gasteiger charge is -2.22. The van der Waals surface area contributed by atoms with Gasteiger partial charge in [-0.25, -0.2) is 19.9 Å². The van der Waals surface area contributed by atoms with Crippen LogP contribution in [0.1, 0.15) is 68.8 Å². The summed E-state index contributed by atoms with van der Waals surface area (Å²) in [6, 6.07) is 23.7. The normalized spacial score (nSPS) is 14.4. The van der Waals surface area contributed by atoms with E-state index in [1.54, 1.807) is 6.08 Å². The quantitative estimate of drug-likeness (QED) is 0.103. The van der Waals surface area contributed by atoms with Crippen LogP contribution in [0.25, 0.3) is 77.6 Å². The number of para-hydroxylation sites is 2. The van der Waals surface area contributed by atoms with Crippen molar-refractivity contribution >= 4 is 62.6 Å². The van der Waals surface area contributed by atoms with E-state index in [1.165, 1.54) is 23.1 Å². The van der Waals surface area contributed by atoms with Crippen LogP contribution in [0.3, 0.4) is 0 Å². The number of nitrogens with zero attached hydrogens (tertiary/aromatic N) is 4. The predicted molar refractivity (Wildman–Crippen MR) is 234 cm³/mol. The molecular weight excluding hydrogens is 687 g/mol. The van der Waals surface area contributed by atoms with Crippen LogP contribution < -0.4 is 0 Å². The summed E-state index contributed by atoms with van der Waals surface area (Å²) in [5.74, 6) is 3.63. The Bertz CT molecular complexity index is 2890. The maximum absolute atomic E-state index is 6.93. The van der Waals surface area contributed by atoms with Gasteiger partial charge in [0.2, 0.25) is 0 Å². The van der Waals surface area contributed by atoms with Crippen LogP contribution in [0, 0.1) is 0 Å². The molecule has 8 rings (SSSR count). The van der Waals surface area contributed by atoms with Gasteiger partial charge < -0.3 is 8.83 Å². The summed E-state index contributed by atoms with van der Waals surface area (Å²) in [5.41, 5.74) is 14.5. The zero-order valence-electron chi connectivity index (χ0n) is 32.6. The first-order chi connectivity index (χ1) is 27.2. The molecule has 1 radical (unpaired) electrons. The molecule has 56 heavy (non-hydrogen) atoms. The molecule has 4 aromatic carbocycles. The molecule has 7 heteroatoms. The molecule has 0 bridgehead atoms. The van der Waals surface area contributed by atoms with Gasteiger partial charge in [0.05, 0.1) is 0 Å². The molecule has 0 N–H and O–H groups in total. The fraction of sp³-hybridized carbons (Fsp3) is 0.143. The maximum Gasteiger partial charge on any atom is 0.182 e. The van der Waals surface area contributed by atoms with Gasteiger partial charge in [-0.15, -0.1) is 5.98 Å². The van der Waals surface area contributed by atoms with Gasteiger partial charge in [-0.3, -0.25) is 0 Å². The Hall–Kier alpha value is -6.60. The van der Waals surface area contributed by atoms with E-state index in [4.69, 9.17) is 23.8 Å². The Morgan fingerprint density at radius 1 is 0.804 bits per heavy atom. The highest BCUT2D eigenvalue weighted by molar-refractivity contribution is 6.42. The van der Waals surface area contributed by atoms with Crippen LogP contribution in [0.4, 0.5) is 0 Å². The Balaban J connectivity index is 1.22. The number of oxazole rings is 1. The van der Waals surface area contributed by atoms with E-state index in [-0.39, 0.29) is 5.41 Å². The largest absolute Gasteiger partial charge is 0.455 e. The van der Waals surface area contributed by atoms with Gasteiger partial charge in [-0.05, 0) is 72.4 Å². The van der Waals surface area contributed by atoms with Crippen LogP contribution >= 0.6 is 0 Å². The Labute approximate surface area is 328 Å². The lowest BCUT2D eigenvalue weighted by molar-refractivity contribution is 0.601. The average Bonchev–Trinajstić information content (AvgIpc) is 3.91. The second-order valence-corrected chi connectivity index (χ2v) is 14.5. The third kappa shape index (κ3) is 6.10. The number of benzene rings is 4. The molecule has 7 aromatic rings. The van der Waals surface area contributed by atoms with E-state index in [1.807, 2.05) is 65.2 Å². The maximum atomic E-state index is 6.93. The lowest BCUT2D eigenvalue weighted by Crippen LogP contribution is -2.14. The number of allylic oxidation sites excluding steroid dienone is 11. The van der Waals surface area contributed by atoms with Gasteiger partial charge in [-0.1, -0.05) is 125 Å². The molecule has 0 amide bonds. The highest BCUT2D eigenvalue weighted by Gasteiger charge is 2.38. The summed E-state index contributed by atoms with van der Waals surface area (Å²) in [7, 11) is 1.98. The molecule has 0 unspecified atom stereocenters. The van der Waals surface area contributed by atoms with Crippen molar-refractivity contribution in [3.05, 3.63) is 169 Å². The van der Waals surface area contributed by atoms with Gasteiger partial charge in [0.25, 0.3) is 0 Å². The minimum Gasteiger partial charge on any atom is -0.455 e. The van der Waals surface area contributed by atoms with Crippen molar-refractivity contribution in [1.82, 2.24) is 19.9 Å². The van der Waals surface area contributed by atoms with Crippen molar-refractivity contribution in [2.75, 3.05) is 0 Å². The van der Waals surface area contributed by atoms with Crippen molar-refractivity contribution in [3.63, 3.8) is 0 Å². The highest BCUT2D eigenvalue weighted by atomic mass is 16.3. The fourth-order valence-electron chi connectivity index (χ4n) is 7.85. The molecule has 0 fully saturated rings. The second kappa shape index (κ2) is 14.6. The van der Waals surface area contributed by atoms with Crippen molar-refractivity contribution in [3.8, 4) is 22.3 Å². The number of hydrogen-bond acceptors (Lipinski definition) is 6. The summed E-state index contributed by atoms with van der Waals surface area (Å²) in [4.78, 5) is 19.0. The lowest BCUT2D eigenvalue weighted by atomic mass is 9.80. The third-order valence-corrected chi connectivity index (χ3v) is 10.6. The van der Waals surface area contributed by atoms with E-state index in [0.717, 1.165) is 72.0 Å². The molecule has 1 aliphatic rings. The van der Waals surface area contributed by atoms with E-state index in [0.29, 0.717) is 23.0 Å². The molecule has 0 atom stereocenters. The molecular formula is C49H42BN4O2. The van der Waals surface area contributed by atoms with Gasteiger partial charge in [0.1, 0.15) is 24.0 Å². The molecule has 0 saturated heterocycles. The Morgan fingerprint density at radius 3 is 2.34 bits per heavy atom. The summed E-state index contributed by atoms with van der Waals surface area (Å²) >= 11 is 0. The van der Waals surface area contributed by atoms with Crippen LogP contribution in [0.2, 0.25) is 6.82 Å². The summed E-state index contributed by atoms with van der Waals surface area (Å²) in [5, 5.41) is 2.12. The van der Waals surface area contributed by atoms with Crippen molar-refractivity contribution in [2.24, 2.45) is 0 Å². The number of rotatable bonds is 10. The Morgan fingerprint density at radius 2 is 1.57 bits per heavy atom. The molecule has 0 saturated carbocycles. The first-order valence-electron chi connectivity index (χ1n) is 18.9. The van der Waals surface area contributed by atoms with Crippen LogP contribution in [0.5, 0.6) is 0 Å². The van der Waals surface area contributed by atoms with E-state index in [2.05, 4.69) is 111 Å². The van der Waals surface area contributed by atoms with Crippen molar-refractivity contribution in [1.29, 1.82) is 0 Å². The summed E-state index contributed by atoms with van der Waals surface area (Å²) in [6.07, 6.45) is 15.1.